The van der Waals surface area contributed by atoms with E-state index in [1.54, 1.807) is 7.11 Å². The molecule has 4 nitrogen and oxygen atoms in total. The van der Waals surface area contributed by atoms with Crippen molar-refractivity contribution in [2.75, 3.05) is 13.7 Å². The van der Waals surface area contributed by atoms with Crippen LogP contribution in [0.5, 0.6) is 0 Å². The Bertz CT molecular complexity index is 595. The monoisotopic (exact) mass is 304 g/mol. The maximum Gasteiger partial charge on any atom is 0.172 e. The Balaban J connectivity index is 1.87. The molecule has 3 aliphatic rings. The van der Waals surface area contributed by atoms with Crippen molar-refractivity contribution in [3.05, 3.63) is 33.4 Å². The van der Waals surface area contributed by atoms with Gasteiger partial charge in [0.15, 0.2) is 5.79 Å². The van der Waals surface area contributed by atoms with Crippen molar-refractivity contribution in [2.24, 2.45) is 0 Å². The summed E-state index contributed by atoms with van der Waals surface area (Å²) in [5.41, 5.74) is 8.09. The van der Waals surface area contributed by atoms with Crippen LogP contribution in [0, 0.1) is 6.92 Å². The van der Waals surface area contributed by atoms with Crippen LogP contribution in [0.15, 0.2) is 0 Å². The Labute approximate surface area is 131 Å². The van der Waals surface area contributed by atoms with Gasteiger partial charge in [-0.1, -0.05) is 0 Å². The molecule has 1 aromatic rings. The van der Waals surface area contributed by atoms with Crippen molar-refractivity contribution in [3.8, 4) is 0 Å². The van der Waals surface area contributed by atoms with Crippen LogP contribution in [-0.2, 0) is 51.8 Å². The molecule has 0 amide bonds. The fourth-order valence-electron chi connectivity index (χ4n) is 4.08. The fourth-order valence-corrected chi connectivity index (χ4v) is 4.08. The third kappa shape index (κ3) is 2.21. The minimum absolute atomic E-state index is 0.459. The molecule has 1 unspecified atom stereocenters. The highest BCUT2D eigenvalue weighted by atomic mass is 16.7. The molecule has 0 N–H and O–H groups in total. The molecule has 22 heavy (non-hydrogen) atoms. The molecule has 0 saturated carbocycles. The molecule has 4 rings (SSSR count). The third-order valence-corrected chi connectivity index (χ3v) is 5.50. The Kier molecular flexibility index (Phi) is 3.73. The average molecular weight is 304 g/mol. The summed E-state index contributed by atoms with van der Waals surface area (Å²) in [6, 6.07) is 0. The van der Waals surface area contributed by atoms with Crippen molar-refractivity contribution in [2.45, 2.75) is 64.8 Å². The first kappa shape index (κ1) is 14.6. The molecule has 4 heteroatoms. The largest absolute Gasteiger partial charge is 0.377 e. The van der Waals surface area contributed by atoms with Crippen molar-refractivity contribution >= 4 is 0 Å². The second-order valence-corrected chi connectivity index (χ2v) is 6.60. The van der Waals surface area contributed by atoms with Gasteiger partial charge in [-0.25, -0.2) is 0 Å². The van der Waals surface area contributed by atoms with Gasteiger partial charge in [-0.3, -0.25) is 0 Å². The smallest absolute Gasteiger partial charge is 0.172 e. The molecular weight excluding hydrogens is 280 g/mol. The van der Waals surface area contributed by atoms with Gasteiger partial charge >= 0.3 is 0 Å². The molecule has 1 atom stereocenters. The van der Waals surface area contributed by atoms with E-state index in [-0.39, 0.29) is 0 Å². The lowest BCUT2D eigenvalue weighted by atomic mass is 9.83. The van der Waals surface area contributed by atoms with Crippen LogP contribution in [0.1, 0.15) is 52.6 Å². The Morgan fingerprint density at radius 1 is 0.864 bits per heavy atom. The summed E-state index contributed by atoms with van der Waals surface area (Å²) in [5, 5.41) is 0. The summed E-state index contributed by atoms with van der Waals surface area (Å²) in [5.74, 6) is -0.459. The molecule has 0 aliphatic carbocycles. The third-order valence-electron chi connectivity index (χ3n) is 5.50. The minimum Gasteiger partial charge on any atom is -0.377 e. The molecule has 3 aliphatic heterocycles. The van der Waals surface area contributed by atoms with Crippen LogP contribution in [0.25, 0.3) is 0 Å². The fraction of sp³-hybridized carbons (Fsp3) is 0.667. The second kappa shape index (κ2) is 5.60. The van der Waals surface area contributed by atoms with E-state index in [9.17, 15) is 0 Å². The number of rotatable bonds is 1. The molecule has 0 spiro atoms. The highest BCUT2D eigenvalue weighted by Crippen LogP contribution is 2.41. The number of ether oxygens (including phenoxy) is 4. The van der Waals surface area contributed by atoms with Crippen LogP contribution in [0.2, 0.25) is 0 Å². The first-order valence-corrected chi connectivity index (χ1v) is 8.23. The van der Waals surface area contributed by atoms with Gasteiger partial charge in [-0.05, 0) is 53.1 Å². The molecule has 120 valence electrons. The summed E-state index contributed by atoms with van der Waals surface area (Å²) >= 11 is 0. The first-order chi connectivity index (χ1) is 10.7. The van der Waals surface area contributed by atoms with Crippen molar-refractivity contribution < 1.29 is 18.9 Å². The van der Waals surface area contributed by atoms with Crippen LogP contribution in [0.4, 0.5) is 0 Å². The zero-order valence-electron chi connectivity index (χ0n) is 13.5. The van der Waals surface area contributed by atoms with E-state index >= 15 is 0 Å². The van der Waals surface area contributed by atoms with Crippen LogP contribution in [0.3, 0.4) is 0 Å². The van der Waals surface area contributed by atoms with Gasteiger partial charge in [-0.2, -0.15) is 0 Å². The normalized spacial score (nSPS) is 27.5. The van der Waals surface area contributed by atoms with Crippen molar-refractivity contribution in [1.29, 1.82) is 0 Å². The molecule has 2 bridgehead atoms. The predicted octanol–water partition coefficient (Wildman–Crippen LogP) is 3.14. The van der Waals surface area contributed by atoms with E-state index in [0.717, 1.165) is 38.9 Å². The van der Waals surface area contributed by atoms with Crippen molar-refractivity contribution in [3.63, 3.8) is 0 Å². The topological polar surface area (TPSA) is 36.9 Å². The molecule has 0 saturated heterocycles. The van der Waals surface area contributed by atoms with Crippen LogP contribution < -0.4 is 0 Å². The minimum atomic E-state index is -0.459. The molecule has 0 fully saturated rings. The molecular formula is C18H24O4. The number of benzene rings is 1. The van der Waals surface area contributed by atoms with Gasteiger partial charge in [-0.15, -0.1) is 0 Å². The number of methoxy groups -OCH3 is 1. The lowest BCUT2D eigenvalue weighted by Gasteiger charge is -2.39. The molecule has 3 heterocycles. The van der Waals surface area contributed by atoms with Crippen LogP contribution >= 0.6 is 0 Å². The van der Waals surface area contributed by atoms with Gasteiger partial charge in [0.25, 0.3) is 0 Å². The first-order valence-electron chi connectivity index (χ1n) is 8.23. The summed E-state index contributed by atoms with van der Waals surface area (Å²) in [7, 11) is 1.77. The summed E-state index contributed by atoms with van der Waals surface area (Å²) in [4.78, 5) is 0. The van der Waals surface area contributed by atoms with Gasteiger partial charge in [0, 0.05) is 26.6 Å². The van der Waals surface area contributed by atoms with E-state index < -0.39 is 5.79 Å². The Hall–Kier alpha value is -0.940. The van der Waals surface area contributed by atoms with Gasteiger partial charge in [0.1, 0.15) is 0 Å². The van der Waals surface area contributed by atoms with E-state index in [1.807, 2.05) is 0 Å². The highest BCUT2D eigenvalue weighted by molar-refractivity contribution is 5.53. The maximum absolute atomic E-state index is 6.21. The predicted molar refractivity (Wildman–Crippen MR) is 81.4 cm³/mol. The summed E-state index contributed by atoms with van der Waals surface area (Å²) in [6.07, 6.45) is 3.89. The lowest BCUT2D eigenvalue weighted by Crippen LogP contribution is -2.42. The molecule has 1 aromatic carbocycles. The number of hydrogen-bond donors (Lipinski definition) is 0. The Morgan fingerprint density at radius 2 is 1.59 bits per heavy atom. The highest BCUT2D eigenvalue weighted by Gasteiger charge is 2.39. The second-order valence-electron chi connectivity index (χ2n) is 6.60. The maximum atomic E-state index is 6.21. The SMILES string of the molecule is COC12CCCCOCc3c(C)c4c(c(c3C1)CO2)COC4. The average Bonchev–Trinajstić information content (AvgIpc) is 3.03. The number of hydrogen-bond acceptors (Lipinski definition) is 4. The zero-order chi connectivity index (χ0) is 15.2. The molecule has 0 aromatic heterocycles. The summed E-state index contributed by atoms with van der Waals surface area (Å²) < 4.78 is 23.7. The standard InChI is InChI=1S/C18H24O4/c1-12-14-8-20-6-4-3-5-18(19-2)7-13(14)17(11-22-18)16-10-21-9-15(12)16/h3-11H2,1-2H3. The van der Waals surface area contributed by atoms with E-state index in [4.69, 9.17) is 18.9 Å². The summed E-state index contributed by atoms with van der Waals surface area (Å²) in [6.45, 7) is 5.77. The van der Waals surface area contributed by atoms with Crippen LogP contribution in [-0.4, -0.2) is 19.5 Å². The van der Waals surface area contributed by atoms with E-state index in [0.29, 0.717) is 19.8 Å². The van der Waals surface area contributed by atoms with Crippen molar-refractivity contribution in [1.82, 2.24) is 0 Å². The van der Waals surface area contributed by atoms with Gasteiger partial charge < -0.3 is 18.9 Å². The van der Waals surface area contributed by atoms with E-state index in [1.165, 1.54) is 33.4 Å². The van der Waals surface area contributed by atoms with E-state index in [2.05, 4.69) is 6.92 Å². The Morgan fingerprint density at radius 3 is 2.45 bits per heavy atom. The lowest BCUT2D eigenvalue weighted by molar-refractivity contribution is -0.240. The quantitative estimate of drug-likeness (QED) is 0.799. The number of fused-ring (bicyclic) bond motifs is 3. The molecule has 0 radical (unpaired) electrons. The van der Waals surface area contributed by atoms with Gasteiger partial charge in [0.05, 0.1) is 26.4 Å². The van der Waals surface area contributed by atoms with Gasteiger partial charge in [0.2, 0.25) is 0 Å². The zero-order valence-corrected chi connectivity index (χ0v) is 13.5.